The van der Waals surface area contributed by atoms with Crippen molar-refractivity contribution in [3.63, 3.8) is 0 Å². The van der Waals surface area contributed by atoms with E-state index < -0.39 is 10.8 Å². The van der Waals surface area contributed by atoms with E-state index in [1.165, 1.54) is 6.33 Å². The summed E-state index contributed by atoms with van der Waals surface area (Å²) in [7, 11) is 1.03. The molecule has 14 heavy (non-hydrogen) atoms. The molecule has 1 atom stereocenters. The zero-order valence-corrected chi connectivity index (χ0v) is 9.10. The fourth-order valence-electron chi connectivity index (χ4n) is 0.914. The third-order valence-corrected chi connectivity index (χ3v) is 2.40. The minimum absolute atomic E-state index is 0.624. The number of nitrogens with one attached hydrogen (secondary N) is 2. The summed E-state index contributed by atoms with van der Waals surface area (Å²) in [6.45, 7) is 0.656. The maximum atomic E-state index is 10.8. The van der Waals surface area contributed by atoms with Gasteiger partial charge < -0.3 is 10.6 Å². The van der Waals surface area contributed by atoms with Crippen molar-refractivity contribution >= 4 is 22.4 Å². The third kappa shape index (κ3) is 3.69. The molecule has 1 heterocycles. The molecule has 2 N–H and O–H groups in total. The summed E-state index contributed by atoms with van der Waals surface area (Å²) >= 11 is 0. The molecular weight excluding hydrogens is 200 g/mol. The van der Waals surface area contributed by atoms with Gasteiger partial charge in [0.2, 0.25) is 0 Å². The Bertz CT molecular complexity index is 318. The van der Waals surface area contributed by atoms with Crippen molar-refractivity contribution in [3.8, 4) is 0 Å². The van der Waals surface area contributed by atoms with Gasteiger partial charge in [-0.15, -0.1) is 0 Å². The van der Waals surface area contributed by atoms with E-state index in [2.05, 4.69) is 20.6 Å². The summed E-state index contributed by atoms with van der Waals surface area (Å²) < 4.78 is 10.8. The SMILES string of the molecule is CNc1cc(NCCS(C)=O)ncn1. The highest BCUT2D eigenvalue weighted by Gasteiger charge is 1.96. The molecule has 0 fully saturated rings. The van der Waals surface area contributed by atoms with Crippen LogP contribution in [0.4, 0.5) is 11.6 Å². The van der Waals surface area contributed by atoms with Gasteiger partial charge in [0.25, 0.3) is 0 Å². The van der Waals surface area contributed by atoms with Gasteiger partial charge in [-0.25, -0.2) is 9.97 Å². The van der Waals surface area contributed by atoms with Crippen LogP contribution in [0.1, 0.15) is 0 Å². The smallest absolute Gasteiger partial charge is 0.131 e. The van der Waals surface area contributed by atoms with Gasteiger partial charge in [0.1, 0.15) is 18.0 Å². The molecule has 1 aromatic heterocycles. The Labute approximate surface area is 85.8 Å². The van der Waals surface area contributed by atoms with Crippen molar-refractivity contribution in [2.75, 3.05) is 36.2 Å². The first kappa shape index (κ1) is 10.9. The molecule has 0 aliphatic carbocycles. The van der Waals surface area contributed by atoms with Gasteiger partial charge >= 0.3 is 0 Å². The lowest BCUT2D eigenvalue weighted by atomic mass is 10.5. The first-order valence-electron chi connectivity index (χ1n) is 4.26. The van der Waals surface area contributed by atoms with Crippen molar-refractivity contribution in [3.05, 3.63) is 12.4 Å². The zero-order chi connectivity index (χ0) is 10.4. The maximum Gasteiger partial charge on any atom is 0.131 e. The highest BCUT2D eigenvalue weighted by atomic mass is 32.2. The minimum Gasteiger partial charge on any atom is -0.373 e. The predicted molar refractivity (Wildman–Crippen MR) is 59.0 cm³/mol. The number of hydrogen-bond acceptors (Lipinski definition) is 5. The number of aromatic nitrogens is 2. The van der Waals surface area contributed by atoms with Gasteiger partial charge in [-0.1, -0.05) is 0 Å². The lowest BCUT2D eigenvalue weighted by Gasteiger charge is -2.05. The summed E-state index contributed by atoms with van der Waals surface area (Å²) in [5.74, 6) is 2.13. The van der Waals surface area contributed by atoms with Gasteiger partial charge in [0.15, 0.2) is 0 Å². The Kier molecular flexibility index (Phi) is 4.31. The molecule has 1 aromatic rings. The molecule has 0 bridgehead atoms. The minimum atomic E-state index is -0.768. The van der Waals surface area contributed by atoms with Gasteiger partial charge in [0.05, 0.1) is 0 Å². The molecule has 0 saturated carbocycles. The zero-order valence-electron chi connectivity index (χ0n) is 8.28. The van der Waals surface area contributed by atoms with Gasteiger partial charge in [-0.05, 0) is 0 Å². The molecule has 0 spiro atoms. The molecule has 5 nitrogen and oxygen atoms in total. The van der Waals surface area contributed by atoms with Crippen LogP contribution >= 0.6 is 0 Å². The van der Waals surface area contributed by atoms with Gasteiger partial charge in [0, 0.05) is 42.5 Å². The Morgan fingerprint density at radius 2 is 2.14 bits per heavy atom. The van der Waals surface area contributed by atoms with Gasteiger partial charge in [-0.2, -0.15) is 0 Å². The molecule has 0 amide bonds. The Hall–Kier alpha value is -1.17. The van der Waals surface area contributed by atoms with E-state index in [0.717, 1.165) is 11.6 Å². The fourth-order valence-corrected chi connectivity index (χ4v) is 1.30. The highest BCUT2D eigenvalue weighted by molar-refractivity contribution is 7.84. The molecule has 0 aliphatic rings. The lowest BCUT2D eigenvalue weighted by Crippen LogP contribution is -2.11. The largest absolute Gasteiger partial charge is 0.373 e. The quantitative estimate of drug-likeness (QED) is 0.738. The van der Waals surface area contributed by atoms with Crippen LogP contribution in [0.2, 0.25) is 0 Å². The molecule has 1 unspecified atom stereocenters. The standard InChI is InChI=1S/C8H14N4OS/c1-9-7-5-8(12-6-11-7)10-3-4-14(2)13/h5-6H,3-4H2,1-2H3,(H2,9,10,11,12). The number of anilines is 2. The van der Waals surface area contributed by atoms with Gasteiger partial charge in [-0.3, -0.25) is 4.21 Å². The summed E-state index contributed by atoms with van der Waals surface area (Å²) in [6, 6.07) is 1.80. The molecular formula is C8H14N4OS. The summed E-state index contributed by atoms with van der Waals surface area (Å²) in [5, 5.41) is 5.98. The molecule has 78 valence electrons. The number of rotatable bonds is 5. The van der Waals surface area contributed by atoms with E-state index in [9.17, 15) is 4.21 Å². The highest BCUT2D eigenvalue weighted by Crippen LogP contribution is 2.06. The van der Waals surface area contributed by atoms with Crippen LogP contribution in [-0.4, -0.2) is 39.8 Å². The summed E-state index contributed by atoms with van der Waals surface area (Å²) in [4.78, 5) is 8.00. The molecule has 0 radical (unpaired) electrons. The van der Waals surface area contributed by atoms with E-state index in [4.69, 9.17) is 0 Å². The Balaban J connectivity index is 2.46. The average molecular weight is 214 g/mol. The van der Waals surface area contributed by atoms with E-state index >= 15 is 0 Å². The monoisotopic (exact) mass is 214 g/mol. The lowest BCUT2D eigenvalue weighted by molar-refractivity contribution is 0.687. The maximum absolute atomic E-state index is 10.8. The second-order valence-corrected chi connectivity index (χ2v) is 4.30. The molecule has 0 saturated heterocycles. The molecule has 0 aliphatic heterocycles. The van der Waals surface area contributed by atoms with E-state index in [0.29, 0.717) is 12.3 Å². The van der Waals surface area contributed by atoms with Crippen molar-refractivity contribution < 1.29 is 4.21 Å². The van der Waals surface area contributed by atoms with Crippen LogP contribution in [-0.2, 0) is 10.8 Å². The van der Waals surface area contributed by atoms with Crippen molar-refractivity contribution in [2.45, 2.75) is 0 Å². The fraction of sp³-hybridized carbons (Fsp3) is 0.500. The average Bonchev–Trinajstić information content (AvgIpc) is 2.18. The predicted octanol–water partition coefficient (Wildman–Crippen LogP) is 0.309. The van der Waals surface area contributed by atoms with Crippen LogP contribution in [0.3, 0.4) is 0 Å². The van der Waals surface area contributed by atoms with Crippen LogP contribution in [0, 0.1) is 0 Å². The van der Waals surface area contributed by atoms with Crippen LogP contribution in [0.5, 0.6) is 0 Å². The van der Waals surface area contributed by atoms with Crippen molar-refractivity contribution in [1.29, 1.82) is 0 Å². The Morgan fingerprint density at radius 3 is 2.79 bits per heavy atom. The third-order valence-electron chi connectivity index (χ3n) is 1.62. The van der Waals surface area contributed by atoms with Crippen molar-refractivity contribution in [2.24, 2.45) is 0 Å². The second-order valence-electron chi connectivity index (χ2n) is 2.74. The van der Waals surface area contributed by atoms with E-state index in [1.807, 2.05) is 0 Å². The first-order valence-corrected chi connectivity index (χ1v) is 5.99. The van der Waals surface area contributed by atoms with Crippen LogP contribution in [0.15, 0.2) is 12.4 Å². The van der Waals surface area contributed by atoms with Crippen LogP contribution in [0.25, 0.3) is 0 Å². The second kappa shape index (κ2) is 5.54. The molecule has 6 heteroatoms. The first-order chi connectivity index (χ1) is 6.72. The summed E-state index contributed by atoms with van der Waals surface area (Å²) in [6.07, 6.45) is 3.16. The number of hydrogen-bond donors (Lipinski definition) is 2. The summed E-state index contributed by atoms with van der Waals surface area (Å²) in [5.41, 5.74) is 0. The topological polar surface area (TPSA) is 66.9 Å². The van der Waals surface area contributed by atoms with E-state index in [-0.39, 0.29) is 0 Å². The normalized spacial score (nSPS) is 12.1. The molecule has 0 aromatic carbocycles. The molecule has 1 rings (SSSR count). The van der Waals surface area contributed by atoms with E-state index in [1.54, 1.807) is 19.4 Å². The Morgan fingerprint density at radius 1 is 1.43 bits per heavy atom. The number of nitrogens with zero attached hydrogens (tertiary/aromatic N) is 2. The van der Waals surface area contributed by atoms with Crippen molar-refractivity contribution in [1.82, 2.24) is 9.97 Å². The van der Waals surface area contributed by atoms with Crippen LogP contribution < -0.4 is 10.6 Å².